The van der Waals surface area contributed by atoms with Gasteiger partial charge >= 0.3 is 0 Å². The minimum atomic E-state index is -2.66. The predicted octanol–water partition coefficient (Wildman–Crippen LogP) is 2.24. The number of fused-ring (bicyclic) bond motifs is 3. The SMILES string of the molecule is CN(C)C1C(=O)C(C(N)=O)=C(O)C2(O)C(=O)C3=C(O)c4c(O)c(CNCC(C)(C)C)cc(CNCC(C)(C)C)c4CC3CC12. The van der Waals surface area contributed by atoms with Crippen molar-refractivity contribution in [2.45, 2.75) is 79.1 Å². The van der Waals surface area contributed by atoms with Gasteiger partial charge in [0.25, 0.3) is 5.91 Å². The van der Waals surface area contributed by atoms with E-state index in [1.165, 1.54) is 4.90 Å². The number of nitrogens with zero attached hydrogens (tertiary/aromatic N) is 1. The summed E-state index contributed by atoms with van der Waals surface area (Å²) < 4.78 is 0. The highest BCUT2D eigenvalue weighted by molar-refractivity contribution is 6.24. The van der Waals surface area contributed by atoms with E-state index in [4.69, 9.17) is 5.73 Å². The molecular formula is C33H48N4O7. The smallest absolute Gasteiger partial charge is 0.255 e. The van der Waals surface area contributed by atoms with E-state index < -0.39 is 58.0 Å². The number of aliphatic hydroxyl groups is 3. The molecule has 3 aliphatic carbocycles. The van der Waals surface area contributed by atoms with E-state index in [1.54, 1.807) is 14.1 Å². The lowest BCUT2D eigenvalue weighted by Gasteiger charge is -2.50. The summed E-state index contributed by atoms with van der Waals surface area (Å²) >= 11 is 0. The van der Waals surface area contributed by atoms with Crippen LogP contribution in [0.15, 0.2) is 23.0 Å². The van der Waals surface area contributed by atoms with Crippen molar-refractivity contribution < 1.29 is 34.8 Å². The van der Waals surface area contributed by atoms with Crippen LogP contribution in [0.4, 0.5) is 0 Å². The zero-order valence-corrected chi connectivity index (χ0v) is 27.1. The molecule has 8 N–H and O–H groups in total. The molecule has 1 aromatic rings. The number of nitrogens with two attached hydrogens (primary N) is 1. The number of carbonyl (C=O) groups is 3. The zero-order valence-electron chi connectivity index (χ0n) is 27.1. The molecule has 0 aliphatic heterocycles. The lowest BCUT2D eigenvalue weighted by Crippen LogP contribution is -2.65. The Kier molecular flexibility index (Phi) is 8.86. The number of hydrogen-bond donors (Lipinski definition) is 7. The largest absolute Gasteiger partial charge is 0.508 e. The van der Waals surface area contributed by atoms with Gasteiger partial charge < -0.3 is 36.8 Å². The molecule has 4 atom stereocenters. The number of ketones is 2. The number of phenolic OH excluding ortho intramolecular Hbond substituents is 1. The van der Waals surface area contributed by atoms with Crippen LogP contribution in [0.1, 0.15) is 70.2 Å². The first-order valence-corrected chi connectivity index (χ1v) is 15.1. The van der Waals surface area contributed by atoms with Crippen molar-refractivity contribution in [3.05, 3.63) is 45.2 Å². The van der Waals surface area contributed by atoms with E-state index in [0.29, 0.717) is 37.3 Å². The monoisotopic (exact) mass is 612 g/mol. The normalized spacial score (nSPS) is 25.7. The number of carbonyl (C=O) groups excluding carboxylic acids is 3. The Hall–Kier alpha value is -3.25. The Morgan fingerprint density at radius 1 is 1.00 bits per heavy atom. The van der Waals surface area contributed by atoms with Gasteiger partial charge in [0.1, 0.15) is 22.8 Å². The molecule has 0 heterocycles. The van der Waals surface area contributed by atoms with E-state index in [9.17, 15) is 34.8 Å². The minimum absolute atomic E-state index is 0.0101. The van der Waals surface area contributed by atoms with Crippen molar-refractivity contribution in [2.24, 2.45) is 28.4 Å². The molecule has 44 heavy (non-hydrogen) atoms. The van der Waals surface area contributed by atoms with Crippen molar-refractivity contribution in [3.63, 3.8) is 0 Å². The molecule has 1 fully saturated rings. The molecule has 4 rings (SSSR count). The fourth-order valence-electron chi connectivity index (χ4n) is 6.89. The van der Waals surface area contributed by atoms with Gasteiger partial charge in [-0.05, 0) is 60.9 Å². The quantitative estimate of drug-likeness (QED) is 0.215. The molecule has 0 aromatic heterocycles. The summed E-state index contributed by atoms with van der Waals surface area (Å²) in [5.74, 6) is -6.52. The predicted molar refractivity (Wildman–Crippen MR) is 167 cm³/mol. The number of hydrogen-bond acceptors (Lipinski definition) is 10. The van der Waals surface area contributed by atoms with E-state index in [2.05, 4.69) is 52.2 Å². The highest BCUT2D eigenvalue weighted by atomic mass is 16.3. The summed E-state index contributed by atoms with van der Waals surface area (Å²) in [5.41, 5.74) is 3.97. The van der Waals surface area contributed by atoms with E-state index in [-0.39, 0.29) is 40.6 Å². The number of benzene rings is 1. The van der Waals surface area contributed by atoms with Crippen LogP contribution < -0.4 is 16.4 Å². The first kappa shape index (κ1) is 33.6. The minimum Gasteiger partial charge on any atom is -0.508 e. The number of aliphatic hydroxyl groups excluding tert-OH is 2. The number of phenols is 1. The van der Waals surface area contributed by atoms with E-state index in [1.807, 2.05) is 6.07 Å². The average molecular weight is 613 g/mol. The van der Waals surface area contributed by atoms with Crippen molar-refractivity contribution in [3.8, 4) is 5.75 Å². The highest BCUT2D eigenvalue weighted by Gasteiger charge is 2.64. The number of primary amides is 1. The Bertz CT molecular complexity index is 1450. The van der Waals surface area contributed by atoms with Crippen molar-refractivity contribution in [2.75, 3.05) is 27.2 Å². The lowest BCUT2D eigenvalue weighted by molar-refractivity contribution is -0.153. The highest BCUT2D eigenvalue weighted by Crippen LogP contribution is 2.53. The van der Waals surface area contributed by atoms with E-state index >= 15 is 0 Å². The molecule has 0 spiro atoms. The fraction of sp³-hybridized carbons (Fsp3) is 0.606. The van der Waals surface area contributed by atoms with Gasteiger partial charge in [-0.1, -0.05) is 41.5 Å². The molecule has 11 nitrogen and oxygen atoms in total. The lowest BCUT2D eigenvalue weighted by atomic mass is 9.57. The molecule has 1 aromatic carbocycles. The van der Waals surface area contributed by atoms with Gasteiger partial charge in [0.2, 0.25) is 5.78 Å². The van der Waals surface area contributed by atoms with Crippen LogP contribution in [0.3, 0.4) is 0 Å². The third-order valence-corrected chi connectivity index (χ3v) is 8.83. The van der Waals surface area contributed by atoms with Crippen LogP contribution in [0.25, 0.3) is 5.76 Å². The van der Waals surface area contributed by atoms with Crippen molar-refractivity contribution in [1.82, 2.24) is 15.5 Å². The molecule has 1 saturated carbocycles. The molecule has 4 unspecified atom stereocenters. The van der Waals surface area contributed by atoms with Crippen molar-refractivity contribution in [1.29, 1.82) is 0 Å². The summed E-state index contributed by atoms with van der Waals surface area (Å²) in [6.07, 6.45) is 0.306. The molecule has 0 saturated heterocycles. The average Bonchev–Trinajstić information content (AvgIpc) is 2.86. The maximum atomic E-state index is 14.2. The standard InChI is InChI=1S/C33H48N4O7/c1-31(2,3)14-35-12-17-9-18(13-36-15-32(4,5)6)25(38)22-19(17)10-16-11-20-24(37(7)8)27(40)23(30(34)43)29(42)33(20,44)28(41)21(16)26(22)39/h9,16,20,24,35-36,38-39,42,44H,10-15H2,1-8H3,(H2,34,43). The van der Waals surface area contributed by atoms with Gasteiger partial charge in [-0.15, -0.1) is 0 Å². The summed E-state index contributed by atoms with van der Waals surface area (Å²) in [6, 6.07) is 0.796. The second-order valence-electron chi connectivity index (χ2n) is 15.2. The first-order valence-electron chi connectivity index (χ1n) is 15.1. The fourth-order valence-corrected chi connectivity index (χ4v) is 6.89. The molecule has 0 bridgehead atoms. The van der Waals surface area contributed by atoms with Crippen LogP contribution in [-0.2, 0) is 33.9 Å². The van der Waals surface area contributed by atoms with Crippen LogP contribution in [0.2, 0.25) is 0 Å². The topological polar surface area (TPSA) is 185 Å². The van der Waals surface area contributed by atoms with Crippen molar-refractivity contribution >= 4 is 23.2 Å². The summed E-state index contributed by atoms with van der Waals surface area (Å²) in [4.78, 5) is 41.2. The van der Waals surface area contributed by atoms with Crippen LogP contribution >= 0.6 is 0 Å². The number of rotatable bonds is 8. The second kappa shape index (κ2) is 11.6. The molecule has 242 valence electrons. The van der Waals surface area contributed by atoms with Crippen LogP contribution in [-0.4, -0.2) is 81.6 Å². The van der Waals surface area contributed by atoms with Gasteiger partial charge in [-0.25, -0.2) is 0 Å². The number of amides is 1. The van der Waals surface area contributed by atoms with Crippen LogP contribution in [0.5, 0.6) is 5.75 Å². The summed E-state index contributed by atoms with van der Waals surface area (Å²) in [7, 11) is 3.17. The third-order valence-electron chi connectivity index (χ3n) is 8.83. The van der Waals surface area contributed by atoms with E-state index in [0.717, 1.165) is 5.56 Å². The Labute approximate surface area is 259 Å². The number of Topliss-reactive ketones (excluding diaryl/α,β-unsaturated/α-hetero) is 2. The van der Waals surface area contributed by atoms with Gasteiger partial charge in [-0.2, -0.15) is 0 Å². The molecule has 11 heteroatoms. The molecule has 1 amide bonds. The van der Waals surface area contributed by atoms with Gasteiger partial charge in [-0.3, -0.25) is 19.3 Å². The summed E-state index contributed by atoms with van der Waals surface area (Å²) in [6.45, 7) is 14.8. The first-order chi connectivity index (χ1) is 20.2. The third kappa shape index (κ3) is 5.90. The Balaban J connectivity index is 1.88. The van der Waals surface area contributed by atoms with Gasteiger partial charge in [0.15, 0.2) is 11.4 Å². The van der Waals surface area contributed by atoms with Gasteiger partial charge in [0, 0.05) is 43.2 Å². The van der Waals surface area contributed by atoms with Gasteiger partial charge in [0.05, 0.1) is 11.6 Å². The second-order valence-corrected chi connectivity index (χ2v) is 15.2. The molecule has 3 aliphatic rings. The zero-order chi connectivity index (χ0) is 33.1. The Morgan fingerprint density at radius 2 is 1.55 bits per heavy atom. The summed E-state index contributed by atoms with van der Waals surface area (Å²) in [5, 5.41) is 53.0. The maximum absolute atomic E-state index is 14.2. The number of aromatic hydroxyl groups is 1. The number of likely N-dealkylation sites (N-methyl/N-ethyl adjacent to an activating group) is 1. The Morgan fingerprint density at radius 3 is 2.05 bits per heavy atom. The number of nitrogens with one attached hydrogen (secondary N) is 2. The molecular weight excluding hydrogens is 564 g/mol. The van der Waals surface area contributed by atoms with Crippen LogP contribution in [0, 0.1) is 22.7 Å². The maximum Gasteiger partial charge on any atom is 0.255 e. The molecule has 0 radical (unpaired) electrons.